The maximum atomic E-state index is 13.5. The molecule has 1 aliphatic rings. The van der Waals surface area contributed by atoms with Crippen LogP contribution in [0.4, 0.5) is 4.39 Å². The van der Waals surface area contributed by atoms with Gasteiger partial charge >= 0.3 is 0 Å². The Hall–Kier alpha value is -1.42. The normalized spacial score (nSPS) is 17.2. The van der Waals surface area contributed by atoms with Crippen molar-refractivity contribution in [1.82, 2.24) is 10.9 Å². The first kappa shape index (κ1) is 10.1. The Kier molecular flexibility index (Phi) is 2.44. The van der Waals surface area contributed by atoms with Crippen LogP contribution in [0.25, 0.3) is 0 Å². The van der Waals surface area contributed by atoms with Gasteiger partial charge in [0.15, 0.2) is 0 Å². The first-order valence-corrected chi connectivity index (χ1v) is 4.93. The van der Waals surface area contributed by atoms with Crippen molar-refractivity contribution in [2.45, 2.75) is 18.3 Å². The average Bonchev–Trinajstić information content (AvgIpc) is 3.00. The SMILES string of the molecule is CNNC(=O)C1(c2ccccc2F)CC1. The van der Waals surface area contributed by atoms with Gasteiger partial charge in [-0.05, 0) is 18.9 Å². The fourth-order valence-electron chi connectivity index (χ4n) is 1.83. The fraction of sp³-hybridized carbons (Fsp3) is 0.364. The van der Waals surface area contributed by atoms with Crippen LogP contribution >= 0.6 is 0 Å². The molecule has 0 spiro atoms. The second-order valence-electron chi connectivity index (χ2n) is 3.77. The van der Waals surface area contributed by atoms with Crippen molar-refractivity contribution in [2.75, 3.05) is 7.05 Å². The Balaban J connectivity index is 2.31. The predicted octanol–water partition coefficient (Wildman–Crippen LogP) is 1.11. The zero-order chi connectivity index (χ0) is 10.9. The van der Waals surface area contributed by atoms with Crippen LogP contribution in [0.1, 0.15) is 18.4 Å². The highest BCUT2D eigenvalue weighted by atomic mass is 19.1. The van der Waals surface area contributed by atoms with E-state index in [1.165, 1.54) is 6.07 Å². The van der Waals surface area contributed by atoms with E-state index in [0.29, 0.717) is 18.4 Å². The minimum atomic E-state index is -0.644. The molecule has 0 heterocycles. The standard InChI is InChI=1S/C11H13FN2O/c1-13-14-10(15)11(6-7-11)8-4-2-3-5-9(8)12/h2-5,13H,6-7H2,1H3,(H,14,15). The number of carbonyl (C=O) groups is 1. The monoisotopic (exact) mass is 208 g/mol. The molecule has 1 amide bonds. The average molecular weight is 208 g/mol. The zero-order valence-corrected chi connectivity index (χ0v) is 8.51. The number of halogens is 1. The highest BCUT2D eigenvalue weighted by Gasteiger charge is 2.52. The molecule has 1 aliphatic carbocycles. The van der Waals surface area contributed by atoms with Gasteiger partial charge in [0.2, 0.25) is 5.91 Å². The van der Waals surface area contributed by atoms with Crippen LogP contribution in [-0.2, 0) is 10.2 Å². The molecule has 3 nitrogen and oxygen atoms in total. The molecule has 2 rings (SSSR count). The van der Waals surface area contributed by atoms with Crippen LogP contribution in [-0.4, -0.2) is 13.0 Å². The van der Waals surface area contributed by atoms with E-state index in [2.05, 4.69) is 10.9 Å². The number of benzene rings is 1. The van der Waals surface area contributed by atoms with Gasteiger partial charge in [-0.3, -0.25) is 10.2 Å². The molecule has 1 saturated carbocycles. The summed E-state index contributed by atoms with van der Waals surface area (Å²) >= 11 is 0. The quantitative estimate of drug-likeness (QED) is 0.730. The molecule has 0 unspecified atom stereocenters. The van der Waals surface area contributed by atoms with E-state index in [1.54, 1.807) is 25.2 Å². The summed E-state index contributed by atoms with van der Waals surface area (Å²) in [7, 11) is 1.62. The minimum Gasteiger partial charge on any atom is -0.291 e. The van der Waals surface area contributed by atoms with Crippen molar-refractivity contribution in [3.05, 3.63) is 35.6 Å². The molecule has 1 aromatic carbocycles. The van der Waals surface area contributed by atoms with E-state index in [0.717, 1.165) is 0 Å². The smallest absolute Gasteiger partial charge is 0.244 e. The van der Waals surface area contributed by atoms with Gasteiger partial charge in [0, 0.05) is 12.6 Å². The maximum Gasteiger partial charge on any atom is 0.244 e. The topological polar surface area (TPSA) is 41.1 Å². The number of hydrogen-bond donors (Lipinski definition) is 2. The van der Waals surface area contributed by atoms with E-state index in [1.807, 2.05) is 0 Å². The molecule has 2 N–H and O–H groups in total. The third kappa shape index (κ3) is 1.61. The largest absolute Gasteiger partial charge is 0.291 e. The van der Waals surface area contributed by atoms with Crippen molar-refractivity contribution in [2.24, 2.45) is 0 Å². The van der Waals surface area contributed by atoms with Crippen LogP contribution in [0.15, 0.2) is 24.3 Å². The number of rotatable bonds is 3. The number of hydrazine groups is 1. The molecule has 80 valence electrons. The predicted molar refractivity (Wildman–Crippen MR) is 54.5 cm³/mol. The summed E-state index contributed by atoms with van der Waals surface area (Å²) in [6.45, 7) is 0. The summed E-state index contributed by atoms with van der Waals surface area (Å²) in [6.07, 6.45) is 1.42. The lowest BCUT2D eigenvalue weighted by molar-refractivity contribution is -0.124. The lowest BCUT2D eigenvalue weighted by Crippen LogP contribution is -2.42. The number of carbonyl (C=O) groups excluding carboxylic acids is 1. The molecule has 1 fully saturated rings. The first-order valence-electron chi connectivity index (χ1n) is 4.93. The molecule has 0 radical (unpaired) electrons. The Morgan fingerprint density at radius 2 is 2.07 bits per heavy atom. The Labute approximate surface area is 87.6 Å². The molecule has 0 aliphatic heterocycles. The molecule has 0 bridgehead atoms. The molecular weight excluding hydrogens is 195 g/mol. The van der Waals surface area contributed by atoms with Gasteiger partial charge in [0.25, 0.3) is 0 Å². The van der Waals surface area contributed by atoms with Gasteiger partial charge in [-0.1, -0.05) is 18.2 Å². The van der Waals surface area contributed by atoms with Gasteiger partial charge in [0.05, 0.1) is 5.41 Å². The van der Waals surface area contributed by atoms with E-state index in [4.69, 9.17) is 0 Å². The summed E-state index contributed by atoms with van der Waals surface area (Å²) in [6, 6.07) is 6.45. The molecule has 0 saturated heterocycles. The molecule has 0 atom stereocenters. The second-order valence-corrected chi connectivity index (χ2v) is 3.77. The summed E-state index contributed by atoms with van der Waals surface area (Å²) in [5.41, 5.74) is 4.95. The van der Waals surface area contributed by atoms with Crippen molar-refractivity contribution in [1.29, 1.82) is 0 Å². The highest BCUT2D eigenvalue weighted by molar-refractivity contribution is 5.90. The van der Waals surface area contributed by atoms with Crippen molar-refractivity contribution < 1.29 is 9.18 Å². The van der Waals surface area contributed by atoms with E-state index < -0.39 is 5.41 Å². The van der Waals surface area contributed by atoms with Gasteiger partial charge < -0.3 is 0 Å². The van der Waals surface area contributed by atoms with Gasteiger partial charge in [-0.25, -0.2) is 9.82 Å². The zero-order valence-electron chi connectivity index (χ0n) is 8.51. The van der Waals surface area contributed by atoms with Gasteiger partial charge in [-0.2, -0.15) is 0 Å². The summed E-state index contributed by atoms with van der Waals surface area (Å²) in [5.74, 6) is -0.462. The maximum absolute atomic E-state index is 13.5. The summed E-state index contributed by atoms with van der Waals surface area (Å²) in [5, 5.41) is 0. The molecule has 4 heteroatoms. The Bertz CT molecular complexity index is 388. The van der Waals surface area contributed by atoms with Crippen molar-refractivity contribution in [3.8, 4) is 0 Å². The van der Waals surface area contributed by atoms with Gasteiger partial charge in [-0.15, -0.1) is 0 Å². The van der Waals surface area contributed by atoms with Gasteiger partial charge in [0.1, 0.15) is 5.82 Å². The third-order valence-corrected chi connectivity index (χ3v) is 2.81. The number of nitrogens with one attached hydrogen (secondary N) is 2. The van der Waals surface area contributed by atoms with Crippen LogP contribution < -0.4 is 10.9 Å². The number of amides is 1. The highest BCUT2D eigenvalue weighted by Crippen LogP contribution is 2.49. The second kappa shape index (κ2) is 3.62. The van der Waals surface area contributed by atoms with E-state index in [-0.39, 0.29) is 11.7 Å². The fourth-order valence-corrected chi connectivity index (χ4v) is 1.83. The summed E-state index contributed by atoms with van der Waals surface area (Å²) < 4.78 is 13.5. The van der Waals surface area contributed by atoms with Crippen molar-refractivity contribution >= 4 is 5.91 Å². The molecule has 1 aromatic rings. The van der Waals surface area contributed by atoms with E-state index >= 15 is 0 Å². The molecule has 0 aromatic heterocycles. The molecule has 15 heavy (non-hydrogen) atoms. The van der Waals surface area contributed by atoms with Crippen LogP contribution in [0.3, 0.4) is 0 Å². The lowest BCUT2D eigenvalue weighted by atomic mass is 9.95. The van der Waals surface area contributed by atoms with E-state index in [9.17, 15) is 9.18 Å². The molecular formula is C11H13FN2O. The first-order chi connectivity index (χ1) is 7.20. The number of hydrogen-bond acceptors (Lipinski definition) is 2. The van der Waals surface area contributed by atoms with Crippen LogP contribution in [0, 0.1) is 5.82 Å². The third-order valence-electron chi connectivity index (χ3n) is 2.81. The van der Waals surface area contributed by atoms with Crippen LogP contribution in [0.2, 0.25) is 0 Å². The lowest BCUT2D eigenvalue weighted by Gasteiger charge is -2.15. The van der Waals surface area contributed by atoms with Crippen molar-refractivity contribution in [3.63, 3.8) is 0 Å². The van der Waals surface area contributed by atoms with Crippen LogP contribution in [0.5, 0.6) is 0 Å². The Morgan fingerprint density at radius 1 is 1.40 bits per heavy atom. The minimum absolute atomic E-state index is 0.157. The summed E-state index contributed by atoms with van der Waals surface area (Å²) in [4.78, 5) is 11.7. The Morgan fingerprint density at radius 3 is 2.60 bits per heavy atom.